The number of nitriles is 1. The molecule has 1 amide bonds. The Morgan fingerprint density at radius 2 is 2.44 bits per heavy atom. The van der Waals surface area contributed by atoms with Crippen molar-refractivity contribution in [2.24, 2.45) is 0 Å². The van der Waals surface area contributed by atoms with Gasteiger partial charge in [-0.15, -0.1) is 0 Å². The summed E-state index contributed by atoms with van der Waals surface area (Å²) in [5, 5.41) is 8.06. The van der Waals surface area contributed by atoms with E-state index in [0.29, 0.717) is 6.54 Å². The second kappa shape index (κ2) is 3.90. The summed E-state index contributed by atoms with van der Waals surface area (Å²) < 4.78 is 0. The van der Waals surface area contributed by atoms with Crippen LogP contribution in [0.25, 0.3) is 0 Å². The molecule has 3 heteroatoms. The van der Waals surface area contributed by atoms with Crippen LogP contribution in [0, 0.1) is 18.3 Å². The first-order chi connectivity index (χ1) is 4.22. The van der Waals surface area contributed by atoms with Crippen molar-refractivity contribution in [1.29, 1.82) is 5.26 Å². The van der Waals surface area contributed by atoms with Crippen molar-refractivity contribution in [3.05, 3.63) is 6.92 Å². The lowest BCUT2D eigenvalue weighted by Crippen LogP contribution is -2.25. The van der Waals surface area contributed by atoms with E-state index in [1.165, 1.54) is 4.90 Å². The molecule has 0 saturated carbocycles. The largest absolute Gasteiger partial charge is 0.345 e. The van der Waals surface area contributed by atoms with Gasteiger partial charge in [-0.2, -0.15) is 5.26 Å². The molecule has 3 nitrogen and oxygen atoms in total. The van der Waals surface area contributed by atoms with E-state index in [9.17, 15) is 4.79 Å². The maximum atomic E-state index is 10.6. The Kier molecular flexibility index (Phi) is 3.45. The Morgan fingerprint density at radius 1 is 1.89 bits per heavy atom. The SMILES string of the molecule is [CH2]CN(C)C(=O)CC#N. The molecule has 0 atom stereocenters. The van der Waals surface area contributed by atoms with E-state index in [1.807, 2.05) is 0 Å². The number of nitrogens with zero attached hydrogens (tertiary/aromatic N) is 2. The minimum atomic E-state index is -0.174. The van der Waals surface area contributed by atoms with Gasteiger partial charge in [0.2, 0.25) is 5.91 Å². The highest BCUT2D eigenvalue weighted by Crippen LogP contribution is 1.86. The maximum absolute atomic E-state index is 10.6. The summed E-state index contributed by atoms with van der Waals surface area (Å²) in [6.07, 6.45) is -0.0496. The summed E-state index contributed by atoms with van der Waals surface area (Å²) in [5.74, 6) is -0.174. The third kappa shape index (κ3) is 2.70. The Hall–Kier alpha value is -1.04. The van der Waals surface area contributed by atoms with Crippen LogP contribution >= 0.6 is 0 Å². The lowest BCUT2D eigenvalue weighted by Gasteiger charge is -2.10. The van der Waals surface area contributed by atoms with Crippen LogP contribution in [-0.2, 0) is 4.79 Å². The normalized spacial score (nSPS) is 8.11. The minimum absolute atomic E-state index is 0.0496. The Labute approximate surface area is 54.9 Å². The zero-order valence-corrected chi connectivity index (χ0v) is 5.42. The van der Waals surface area contributed by atoms with Gasteiger partial charge in [0.1, 0.15) is 6.42 Å². The van der Waals surface area contributed by atoms with Crippen LogP contribution in [0.4, 0.5) is 0 Å². The van der Waals surface area contributed by atoms with Crippen molar-refractivity contribution in [3.8, 4) is 6.07 Å². The van der Waals surface area contributed by atoms with Gasteiger partial charge in [-0.1, -0.05) is 0 Å². The van der Waals surface area contributed by atoms with Crippen molar-refractivity contribution in [2.75, 3.05) is 13.6 Å². The van der Waals surface area contributed by atoms with Gasteiger partial charge in [0, 0.05) is 13.6 Å². The molecule has 0 saturated heterocycles. The molecule has 0 aliphatic heterocycles. The van der Waals surface area contributed by atoms with E-state index in [4.69, 9.17) is 5.26 Å². The van der Waals surface area contributed by atoms with Crippen molar-refractivity contribution in [2.45, 2.75) is 6.42 Å². The van der Waals surface area contributed by atoms with Crippen LogP contribution in [0.1, 0.15) is 6.42 Å². The summed E-state index contributed by atoms with van der Waals surface area (Å²) in [5.41, 5.74) is 0. The number of hydrogen-bond donors (Lipinski definition) is 0. The van der Waals surface area contributed by atoms with Gasteiger partial charge in [0.25, 0.3) is 0 Å². The molecule has 0 bridgehead atoms. The summed E-state index contributed by atoms with van der Waals surface area (Å²) in [6.45, 7) is 3.90. The number of amides is 1. The van der Waals surface area contributed by atoms with Crippen LogP contribution in [0.3, 0.4) is 0 Å². The molecule has 9 heavy (non-hydrogen) atoms. The van der Waals surface area contributed by atoms with Crippen LogP contribution in [0.2, 0.25) is 0 Å². The monoisotopic (exact) mass is 125 g/mol. The molecule has 0 rings (SSSR count). The maximum Gasteiger partial charge on any atom is 0.236 e. The molecule has 0 fully saturated rings. The molecule has 0 aliphatic rings. The molecule has 0 aromatic heterocycles. The molecule has 0 heterocycles. The second-order valence-electron chi connectivity index (χ2n) is 1.65. The van der Waals surface area contributed by atoms with Crippen LogP contribution < -0.4 is 0 Å². The molecule has 0 aromatic carbocycles. The van der Waals surface area contributed by atoms with E-state index in [2.05, 4.69) is 6.92 Å². The van der Waals surface area contributed by atoms with E-state index in [-0.39, 0.29) is 12.3 Å². The molecule has 0 aliphatic carbocycles. The van der Waals surface area contributed by atoms with Crippen molar-refractivity contribution in [1.82, 2.24) is 4.90 Å². The smallest absolute Gasteiger partial charge is 0.236 e. The number of carbonyl (C=O) groups excluding carboxylic acids is 1. The van der Waals surface area contributed by atoms with Crippen molar-refractivity contribution < 1.29 is 4.79 Å². The van der Waals surface area contributed by atoms with E-state index in [1.54, 1.807) is 13.1 Å². The number of carbonyl (C=O) groups is 1. The Bertz CT molecular complexity index is 136. The first-order valence-electron chi connectivity index (χ1n) is 2.62. The minimum Gasteiger partial charge on any atom is -0.345 e. The van der Waals surface area contributed by atoms with E-state index in [0.717, 1.165) is 0 Å². The molecular formula is C6H9N2O. The topological polar surface area (TPSA) is 44.1 Å². The van der Waals surface area contributed by atoms with Gasteiger partial charge < -0.3 is 4.90 Å². The zero-order chi connectivity index (χ0) is 7.28. The number of hydrogen-bond acceptors (Lipinski definition) is 2. The summed E-state index contributed by atoms with van der Waals surface area (Å²) >= 11 is 0. The van der Waals surface area contributed by atoms with Crippen LogP contribution in [0.5, 0.6) is 0 Å². The average molecular weight is 125 g/mol. The molecule has 1 radical (unpaired) electrons. The van der Waals surface area contributed by atoms with Crippen molar-refractivity contribution in [3.63, 3.8) is 0 Å². The summed E-state index contributed by atoms with van der Waals surface area (Å²) in [7, 11) is 1.62. The standard InChI is InChI=1S/C6H9N2O/c1-3-8(2)6(9)4-5-7/h1,3-4H2,2H3. The Morgan fingerprint density at radius 3 is 2.78 bits per heavy atom. The van der Waals surface area contributed by atoms with E-state index >= 15 is 0 Å². The fourth-order valence-corrected chi connectivity index (χ4v) is 0.327. The first-order valence-corrected chi connectivity index (χ1v) is 2.62. The quantitative estimate of drug-likeness (QED) is 0.529. The van der Waals surface area contributed by atoms with Crippen LogP contribution in [-0.4, -0.2) is 24.4 Å². The fraction of sp³-hybridized carbons (Fsp3) is 0.500. The van der Waals surface area contributed by atoms with Gasteiger partial charge in [-0.05, 0) is 6.92 Å². The van der Waals surface area contributed by atoms with Gasteiger partial charge in [-0.3, -0.25) is 4.79 Å². The number of rotatable bonds is 2. The highest BCUT2D eigenvalue weighted by atomic mass is 16.2. The lowest BCUT2D eigenvalue weighted by molar-refractivity contribution is -0.128. The molecule has 0 unspecified atom stereocenters. The Balaban J connectivity index is 3.62. The molecule has 0 N–H and O–H groups in total. The fourth-order valence-electron chi connectivity index (χ4n) is 0.327. The summed E-state index contributed by atoms with van der Waals surface area (Å²) in [6, 6.07) is 1.76. The second-order valence-corrected chi connectivity index (χ2v) is 1.65. The van der Waals surface area contributed by atoms with Gasteiger partial charge in [0.05, 0.1) is 6.07 Å². The average Bonchev–Trinajstić information content (AvgIpc) is 1.87. The molecule has 49 valence electrons. The zero-order valence-electron chi connectivity index (χ0n) is 5.42. The van der Waals surface area contributed by atoms with Gasteiger partial charge in [-0.25, -0.2) is 0 Å². The van der Waals surface area contributed by atoms with Gasteiger partial charge >= 0.3 is 0 Å². The van der Waals surface area contributed by atoms with Crippen molar-refractivity contribution >= 4 is 5.91 Å². The summed E-state index contributed by atoms with van der Waals surface area (Å²) in [4.78, 5) is 12.0. The highest BCUT2D eigenvalue weighted by Gasteiger charge is 2.03. The predicted molar refractivity (Wildman–Crippen MR) is 33.2 cm³/mol. The predicted octanol–water partition coefficient (Wildman–Crippen LogP) is 0.193. The molecular weight excluding hydrogens is 116 g/mol. The van der Waals surface area contributed by atoms with Crippen LogP contribution in [0.15, 0.2) is 0 Å². The molecule has 0 spiro atoms. The highest BCUT2D eigenvalue weighted by molar-refractivity contribution is 5.77. The van der Waals surface area contributed by atoms with E-state index < -0.39 is 0 Å². The molecule has 0 aromatic rings. The van der Waals surface area contributed by atoms with Gasteiger partial charge in [0.15, 0.2) is 0 Å². The third-order valence-electron chi connectivity index (χ3n) is 0.991. The third-order valence-corrected chi connectivity index (χ3v) is 0.991. The first kappa shape index (κ1) is 7.96. The lowest BCUT2D eigenvalue weighted by atomic mass is 10.4.